The Morgan fingerprint density at radius 1 is 1.25 bits per heavy atom. The lowest BCUT2D eigenvalue weighted by Gasteiger charge is -2.23. The highest BCUT2D eigenvalue weighted by molar-refractivity contribution is 8.01. The predicted molar refractivity (Wildman–Crippen MR) is 61.5 cm³/mol. The van der Waals surface area contributed by atoms with Crippen molar-refractivity contribution in [3.05, 3.63) is 35.9 Å². The molecule has 0 aliphatic carbocycles. The fraction of sp³-hybridized carbons (Fsp3) is 0.273. The molecular formula is C11H12O4S. The Morgan fingerprint density at radius 2 is 1.81 bits per heavy atom. The lowest BCUT2D eigenvalue weighted by Crippen LogP contribution is -2.30. The maximum Gasteiger partial charge on any atom is 0.324 e. The first-order chi connectivity index (χ1) is 7.47. The molecule has 0 fully saturated rings. The number of benzene rings is 1. The Labute approximate surface area is 97.3 Å². The summed E-state index contributed by atoms with van der Waals surface area (Å²) in [4.78, 5) is 21.7. The van der Waals surface area contributed by atoms with Crippen molar-refractivity contribution in [1.82, 2.24) is 0 Å². The predicted octanol–water partition coefficient (Wildman–Crippen LogP) is 1.80. The maximum atomic E-state index is 11.2. The summed E-state index contributed by atoms with van der Waals surface area (Å²) in [6.07, 6.45) is 0. The number of hydrogen-bond acceptors (Lipinski definition) is 3. The standard InChI is InChI=1S/C11H12O4S/c1-11(10(14)15,16-7-9(12)13)8-5-3-2-4-6-8/h2-6H,7H2,1H3,(H,12,13)(H,14,15). The Kier molecular flexibility index (Phi) is 3.95. The second-order valence-electron chi connectivity index (χ2n) is 3.39. The van der Waals surface area contributed by atoms with Gasteiger partial charge in [0.1, 0.15) is 4.75 Å². The van der Waals surface area contributed by atoms with Crippen LogP contribution in [0.1, 0.15) is 12.5 Å². The fourth-order valence-corrected chi connectivity index (χ4v) is 2.07. The SMILES string of the molecule is CC(SCC(=O)O)(C(=O)O)c1ccccc1. The number of thioether (sulfide) groups is 1. The fourth-order valence-electron chi connectivity index (χ4n) is 1.23. The number of hydrogen-bond donors (Lipinski definition) is 2. The van der Waals surface area contributed by atoms with Gasteiger partial charge in [0.25, 0.3) is 0 Å². The zero-order valence-corrected chi connectivity index (χ0v) is 9.53. The highest BCUT2D eigenvalue weighted by atomic mass is 32.2. The molecule has 0 aliphatic rings. The van der Waals surface area contributed by atoms with Gasteiger partial charge >= 0.3 is 11.9 Å². The molecule has 1 atom stereocenters. The van der Waals surface area contributed by atoms with Gasteiger partial charge in [0.2, 0.25) is 0 Å². The summed E-state index contributed by atoms with van der Waals surface area (Å²) in [5.74, 6) is -2.30. The molecule has 0 aliphatic heterocycles. The molecule has 1 unspecified atom stereocenters. The molecule has 1 rings (SSSR count). The van der Waals surface area contributed by atoms with E-state index in [1.807, 2.05) is 0 Å². The highest BCUT2D eigenvalue weighted by Gasteiger charge is 2.36. The third-order valence-electron chi connectivity index (χ3n) is 2.22. The van der Waals surface area contributed by atoms with Crippen LogP contribution in [0.4, 0.5) is 0 Å². The zero-order valence-electron chi connectivity index (χ0n) is 8.71. The van der Waals surface area contributed by atoms with E-state index in [4.69, 9.17) is 5.11 Å². The highest BCUT2D eigenvalue weighted by Crippen LogP contribution is 2.36. The lowest BCUT2D eigenvalue weighted by molar-refractivity contribution is -0.139. The smallest absolute Gasteiger partial charge is 0.324 e. The molecule has 0 spiro atoms. The molecule has 0 heterocycles. The molecular weight excluding hydrogens is 228 g/mol. The average Bonchev–Trinajstić information content (AvgIpc) is 2.26. The van der Waals surface area contributed by atoms with Crippen LogP contribution < -0.4 is 0 Å². The summed E-state index contributed by atoms with van der Waals surface area (Å²) in [7, 11) is 0. The topological polar surface area (TPSA) is 74.6 Å². The molecule has 16 heavy (non-hydrogen) atoms. The van der Waals surface area contributed by atoms with Gasteiger partial charge in [0.05, 0.1) is 5.75 Å². The molecule has 0 radical (unpaired) electrons. The maximum absolute atomic E-state index is 11.2. The van der Waals surface area contributed by atoms with Crippen LogP contribution in [-0.4, -0.2) is 27.9 Å². The van der Waals surface area contributed by atoms with Crippen molar-refractivity contribution in [2.75, 3.05) is 5.75 Å². The van der Waals surface area contributed by atoms with Crippen molar-refractivity contribution in [3.8, 4) is 0 Å². The van der Waals surface area contributed by atoms with Crippen LogP contribution in [0.25, 0.3) is 0 Å². The van der Waals surface area contributed by atoms with Gasteiger partial charge in [-0.3, -0.25) is 9.59 Å². The molecule has 86 valence electrons. The Morgan fingerprint density at radius 3 is 2.25 bits per heavy atom. The van der Waals surface area contributed by atoms with Crippen LogP contribution in [0, 0.1) is 0 Å². The minimum Gasteiger partial charge on any atom is -0.481 e. The van der Waals surface area contributed by atoms with Crippen molar-refractivity contribution in [3.63, 3.8) is 0 Å². The van der Waals surface area contributed by atoms with Crippen molar-refractivity contribution >= 4 is 23.7 Å². The van der Waals surface area contributed by atoms with Gasteiger partial charge in [-0.1, -0.05) is 30.3 Å². The first kappa shape index (κ1) is 12.6. The van der Waals surface area contributed by atoms with Gasteiger partial charge in [-0.05, 0) is 12.5 Å². The van der Waals surface area contributed by atoms with Gasteiger partial charge in [0.15, 0.2) is 0 Å². The second kappa shape index (κ2) is 5.03. The van der Waals surface area contributed by atoms with Gasteiger partial charge in [-0.25, -0.2) is 0 Å². The Hall–Kier alpha value is -1.49. The largest absolute Gasteiger partial charge is 0.481 e. The van der Waals surface area contributed by atoms with Crippen molar-refractivity contribution in [2.45, 2.75) is 11.7 Å². The van der Waals surface area contributed by atoms with Gasteiger partial charge in [-0.15, -0.1) is 11.8 Å². The second-order valence-corrected chi connectivity index (χ2v) is 4.78. The number of aliphatic carboxylic acids is 2. The quantitative estimate of drug-likeness (QED) is 0.821. The monoisotopic (exact) mass is 240 g/mol. The molecule has 4 nitrogen and oxygen atoms in total. The van der Waals surface area contributed by atoms with Crippen LogP contribution in [0.15, 0.2) is 30.3 Å². The normalized spacial score (nSPS) is 14.1. The van der Waals surface area contributed by atoms with E-state index in [0.717, 1.165) is 11.8 Å². The molecule has 0 amide bonds. The van der Waals surface area contributed by atoms with Crippen LogP contribution in [-0.2, 0) is 14.3 Å². The molecule has 0 bridgehead atoms. The number of carbonyl (C=O) groups is 2. The van der Waals surface area contributed by atoms with E-state index in [-0.39, 0.29) is 5.75 Å². The molecule has 1 aromatic rings. The third kappa shape index (κ3) is 2.76. The summed E-state index contributed by atoms with van der Waals surface area (Å²) in [6.45, 7) is 1.51. The van der Waals surface area contributed by atoms with Gasteiger partial charge < -0.3 is 10.2 Å². The molecule has 0 aromatic heterocycles. The minimum absolute atomic E-state index is 0.238. The van der Waals surface area contributed by atoms with Crippen LogP contribution in [0.3, 0.4) is 0 Å². The molecule has 2 N–H and O–H groups in total. The summed E-state index contributed by atoms with van der Waals surface area (Å²) in [5.41, 5.74) is 0.591. The summed E-state index contributed by atoms with van der Waals surface area (Å²) in [6, 6.07) is 8.62. The number of rotatable bonds is 5. The summed E-state index contributed by atoms with van der Waals surface area (Å²) in [5, 5.41) is 17.8. The summed E-state index contributed by atoms with van der Waals surface area (Å²) < 4.78 is -1.22. The lowest BCUT2D eigenvalue weighted by atomic mass is 10.0. The number of carboxylic acid groups (broad SMARTS) is 2. The van der Waals surface area contributed by atoms with E-state index < -0.39 is 16.7 Å². The molecule has 1 aromatic carbocycles. The van der Waals surface area contributed by atoms with E-state index >= 15 is 0 Å². The van der Waals surface area contributed by atoms with Gasteiger partial charge in [0, 0.05) is 0 Å². The molecule has 5 heteroatoms. The van der Waals surface area contributed by atoms with E-state index in [9.17, 15) is 14.7 Å². The Bertz CT molecular complexity index is 390. The zero-order chi connectivity index (χ0) is 12.2. The Balaban J connectivity index is 2.98. The molecule has 0 saturated carbocycles. The molecule has 0 saturated heterocycles. The average molecular weight is 240 g/mol. The number of carboxylic acids is 2. The van der Waals surface area contributed by atoms with E-state index in [0.29, 0.717) is 5.56 Å². The van der Waals surface area contributed by atoms with Gasteiger partial charge in [-0.2, -0.15) is 0 Å². The van der Waals surface area contributed by atoms with Crippen LogP contribution in [0.2, 0.25) is 0 Å². The van der Waals surface area contributed by atoms with Crippen molar-refractivity contribution in [2.24, 2.45) is 0 Å². The van der Waals surface area contributed by atoms with Crippen LogP contribution >= 0.6 is 11.8 Å². The summed E-state index contributed by atoms with van der Waals surface area (Å²) >= 11 is 0.894. The van der Waals surface area contributed by atoms with Crippen LogP contribution in [0.5, 0.6) is 0 Å². The van der Waals surface area contributed by atoms with E-state index in [2.05, 4.69) is 0 Å². The van der Waals surface area contributed by atoms with Crippen molar-refractivity contribution < 1.29 is 19.8 Å². The third-order valence-corrected chi connectivity index (χ3v) is 3.60. The first-order valence-electron chi connectivity index (χ1n) is 4.61. The minimum atomic E-state index is -1.22. The van der Waals surface area contributed by atoms with Crippen molar-refractivity contribution in [1.29, 1.82) is 0 Å². The van der Waals surface area contributed by atoms with E-state index in [1.165, 1.54) is 6.92 Å². The van der Waals surface area contributed by atoms with E-state index in [1.54, 1.807) is 30.3 Å². The first-order valence-corrected chi connectivity index (χ1v) is 5.60.